The van der Waals surface area contributed by atoms with Crippen LogP contribution in [0.4, 0.5) is 0 Å². The molecule has 1 aliphatic rings. The van der Waals surface area contributed by atoms with E-state index in [1.807, 2.05) is 19.9 Å². The molecule has 0 bridgehead atoms. The van der Waals surface area contributed by atoms with Crippen molar-refractivity contribution in [2.24, 2.45) is 5.41 Å². The van der Waals surface area contributed by atoms with Crippen LogP contribution in [0.25, 0.3) is 0 Å². The van der Waals surface area contributed by atoms with Gasteiger partial charge in [0.2, 0.25) is 0 Å². The summed E-state index contributed by atoms with van der Waals surface area (Å²) in [5.74, 6) is -0.187. The summed E-state index contributed by atoms with van der Waals surface area (Å²) in [5, 5.41) is 0. The molecule has 25 heavy (non-hydrogen) atoms. The third kappa shape index (κ3) is 5.80. The number of hydrogen-bond donors (Lipinski definition) is 0. The van der Waals surface area contributed by atoms with Crippen molar-refractivity contribution in [3.8, 4) is 0 Å². The van der Waals surface area contributed by atoms with Crippen LogP contribution in [0.2, 0.25) is 0 Å². The predicted molar refractivity (Wildman–Crippen MR) is 99.1 cm³/mol. The van der Waals surface area contributed by atoms with Gasteiger partial charge in [0.05, 0.1) is 13.3 Å². The Morgan fingerprint density at radius 1 is 1.20 bits per heavy atom. The summed E-state index contributed by atoms with van der Waals surface area (Å²) < 4.78 is 11.1. The third-order valence-corrected chi connectivity index (χ3v) is 4.53. The molecule has 1 saturated heterocycles. The molecule has 1 aromatic carbocycles. The molecule has 5 nitrogen and oxygen atoms in total. The average Bonchev–Trinajstić information content (AvgIpc) is 2.57. The minimum absolute atomic E-state index is 0.0581. The molecule has 0 radical (unpaired) electrons. The zero-order valence-corrected chi connectivity index (χ0v) is 16.0. The molecule has 0 spiro atoms. The maximum Gasteiger partial charge on any atom is 0.320 e. The summed E-state index contributed by atoms with van der Waals surface area (Å²) in [6.07, 6.45) is 0.929. The van der Waals surface area contributed by atoms with Crippen LogP contribution in [0.15, 0.2) is 30.3 Å². The van der Waals surface area contributed by atoms with E-state index in [1.54, 1.807) is 0 Å². The smallest absolute Gasteiger partial charge is 0.320 e. The molecule has 140 valence electrons. The van der Waals surface area contributed by atoms with Gasteiger partial charge in [0.25, 0.3) is 0 Å². The van der Waals surface area contributed by atoms with E-state index in [2.05, 4.69) is 47.9 Å². The number of hydrogen-bond acceptors (Lipinski definition) is 5. The highest BCUT2D eigenvalue weighted by Gasteiger charge is 2.42. The Bertz CT molecular complexity index is 533. The molecule has 2 rings (SSSR count). The van der Waals surface area contributed by atoms with Crippen LogP contribution in [0.5, 0.6) is 0 Å². The van der Waals surface area contributed by atoms with Gasteiger partial charge in [-0.2, -0.15) is 0 Å². The third-order valence-electron chi connectivity index (χ3n) is 4.53. The first-order chi connectivity index (χ1) is 12.0. The van der Waals surface area contributed by atoms with Crippen LogP contribution < -0.4 is 0 Å². The van der Waals surface area contributed by atoms with Gasteiger partial charge in [-0.05, 0) is 25.8 Å². The molecular formula is C20H32N2O3. The first-order valence-electron chi connectivity index (χ1n) is 9.23. The fourth-order valence-electron chi connectivity index (χ4n) is 3.61. The molecule has 1 fully saturated rings. The quantitative estimate of drug-likeness (QED) is 0.676. The first kappa shape index (κ1) is 19.9. The highest BCUT2D eigenvalue weighted by atomic mass is 16.5. The lowest BCUT2D eigenvalue weighted by molar-refractivity contribution is -0.185. The van der Waals surface area contributed by atoms with Gasteiger partial charge in [-0.1, -0.05) is 44.2 Å². The van der Waals surface area contributed by atoms with Gasteiger partial charge in [-0.25, -0.2) is 0 Å². The summed E-state index contributed by atoms with van der Waals surface area (Å²) in [6, 6.07) is 10.5. The fourth-order valence-corrected chi connectivity index (χ4v) is 3.61. The fraction of sp³-hybridized carbons (Fsp3) is 0.650. The van der Waals surface area contributed by atoms with Crippen molar-refractivity contribution >= 4 is 5.97 Å². The van der Waals surface area contributed by atoms with Crippen molar-refractivity contribution in [2.75, 3.05) is 39.5 Å². The largest absolute Gasteiger partial charge is 0.465 e. The monoisotopic (exact) mass is 348 g/mol. The van der Waals surface area contributed by atoms with E-state index in [-0.39, 0.29) is 24.2 Å². The molecule has 0 aliphatic carbocycles. The second-order valence-corrected chi connectivity index (χ2v) is 7.28. The topological polar surface area (TPSA) is 42.0 Å². The van der Waals surface area contributed by atoms with Crippen LogP contribution in [-0.2, 0) is 20.7 Å². The number of benzene rings is 1. The lowest BCUT2D eigenvalue weighted by Crippen LogP contribution is -2.61. The van der Waals surface area contributed by atoms with Gasteiger partial charge in [0, 0.05) is 25.1 Å². The lowest BCUT2D eigenvalue weighted by atomic mass is 9.87. The van der Waals surface area contributed by atoms with Crippen molar-refractivity contribution in [1.82, 2.24) is 9.80 Å². The van der Waals surface area contributed by atoms with Crippen molar-refractivity contribution < 1.29 is 14.3 Å². The summed E-state index contributed by atoms with van der Waals surface area (Å²) in [7, 11) is 0. The molecule has 5 heteroatoms. The van der Waals surface area contributed by atoms with E-state index in [4.69, 9.17) is 9.47 Å². The van der Waals surface area contributed by atoms with E-state index < -0.39 is 0 Å². The summed E-state index contributed by atoms with van der Waals surface area (Å²) in [4.78, 5) is 16.5. The molecule has 0 saturated carbocycles. The van der Waals surface area contributed by atoms with Gasteiger partial charge >= 0.3 is 5.97 Å². The van der Waals surface area contributed by atoms with Crippen LogP contribution in [-0.4, -0.2) is 61.5 Å². The lowest BCUT2D eigenvalue weighted by Gasteiger charge is -2.50. The number of carbonyl (C=O) groups is 1. The molecule has 0 N–H and O–H groups in total. The minimum Gasteiger partial charge on any atom is -0.465 e. The SMILES string of the molecule is CCOC(=O)CN1CN(CCc2ccccc2)CC(C)(C)[C@@H]1OCC. The second-order valence-electron chi connectivity index (χ2n) is 7.28. The molecular weight excluding hydrogens is 316 g/mol. The Morgan fingerprint density at radius 3 is 2.56 bits per heavy atom. The summed E-state index contributed by atoms with van der Waals surface area (Å²) in [6.45, 7) is 12.2. The van der Waals surface area contributed by atoms with E-state index in [0.29, 0.717) is 13.2 Å². The molecule has 0 unspecified atom stereocenters. The number of esters is 1. The molecule has 1 aliphatic heterocycles. The van der Waals surface area contributed by atoms with Gasteiger partial charge in [-0.3, -0.25) is 14.6 Å². The maximum absolute atomic E-state index is 12.0. The van der Waals surface area contributed by atoms with Gasteiger partial charge in [0.1, 0.15) is 12.8 Å². The van der Waals surface area contributed by atoms with Crippen molar-refractivity contribution in [3.05, 3.63) is 35.9 Å². The maximum atomic E-state index is 12.0. The standard InChI is InChI=1S/C20H32N2O3/c1-5-24-18(23)14-22-16-21(13-12-17-10-8-7-9-11-17)15-20(3,4)19(22)25-6-2/h7-11,19H,5-6,12-16H2,1-4H3/t19-/m0/s1. The first-order valence-corrected chi connectivity index (χ1v) is 9.23. The Morgan fingerprint density at radius 2 is 1.92 bits per heavy atom. The van der Waals surface area contributed by atoms with Crippen molar-refractivity contribution in [1.29, 1.82) is 0 Å². The number of nitrogens with zero attached hydrogens (tertiary/aromatic N) is 2. The van der Waals surface area contributed by atoms with E-state index in [9.17, 15) is 4.79 Å². The molecule has 0 aromatic heterocycles. The summed E-state index contributed by atoms with van der Waals surface area (Å²) >= 11 is 0. The van der Waals surface area contributed by atoms with Crippen molar-refractivity contribution in [2.45, 2.75) is 40.3 Å². The molecule has 1 aromatic rings. The zero-order valence-electron chi connectivity index (χ0n) is 16.0. The van der Waals surface area contributed by atoms with Crippen LogP contribution >= 0.6 is 0 Å². The summed E-state index contributed by atoms with van der Waals surface area (Å²) in [5.41, 5.74) is 1.28. The van der Waals surface area contributed by atoms with E-state index >= 15 is 0 Å². The van der Waals surface area contributed by atoms with Crippen LogP contribution in [0.3, 0.4) is 0 Å². The molecule has 1 heterocycles. The highest BCUT2D eigenvalue weighted by Crippen LogP contribution is 2.32. The number of rotatable bonds is 8. The number of carbonyl (C=O) groups excluding carboxylic acids is 1. The van der Waals surface area contributed by atoms with Crippen molar-refractivity contribution in [3.63, 3.8) is 0 Å². The normalized spacial score (nSPS) is 21.2. The average molecular weight is 348 g/mol. The van der Waals surface area contributed by atoms with E-state index in [0.717, 1.165) is 26.2 Å². The zero-order chi connectivity index (χ0) is 18.3. The second kappa shape index (κ2) is 9.32. The van der Waals surface area contributed by atoms with Crippen LogP contribution in [0, 0.1) is 5.41 Å². The molecule has 1 atom stereocenters. The Kier molecular flexibility index (Phi) is 7.41. The van der Waals surface area contributed by atoms with Gasteiger partial charge in [0.15, 0.2) is 0 Å². The van der Waals surface area contributed by atoms with Gasteiger partial charge in [-0.15, -0.1) is 0 Å². The Labute approximate surface area is 151 Å². The molecule has 0 amide bonds. The Balaban J connectivity index is 2.03. The minimum atomic E-state index is -0.187. The van der Waals surface area contributed by atoms with Crippen LogP contribution in [0.1, 0.15) is 33.3 Å². The predicted octanol–water partition coefficient (Wildman–Crippen LogP) is 2.76. The number of ether oxygens (including phenoxy) is 2. The highest BCUT2D eigenvalue weighted by molar-refractivity contribution is 5.71. The Hall–Kier alpha value is -1.43. The van der Waals surface area contributed by atoms with Gasteiger partial charge < -0.3 is 9.47 Å². The van der Waals surface area contributed by atoms with E-state index in [1.165, 1.54) is 5.56 Å².